The van der Waals surface area contributed by atoms with Gasteiger partial charge in [-0.15, -0.1) is 11.3 Å². The molecule has 2 atom stereocenters. The Bertz CT molecular complexity index is 1360. The van der Waals surface area contributed by atoms with Crippen molar-refractivity contribution < 1.29 is 38.2 Å². The molecule has 0 saturated carbocycles. The number of ether oxygens (including phenoxy) is 3. The van der Waals surface area contributed by atoms with Crippen molar-refractivity contribution in [3.8, 4) is 0 Å². The van der Waals surface area contributed by atoms with Crippen molar-refractivity contribution in [2.75, 3.05) is 11.5 Å². The average molecular weight is 548 g/mol. The lowest BCUT2D eigenvalue weighted by atomic mass is 9.95. The molecule has 2 aromatic carbocycles. The van der Waals surface area contributed by atoms with Gasteiger partial charge in [0.15, 0.2) is 0 Å². The van der Waals surface area contributed by atoms with E-state index < -0.39 is 41.9 Å². The molecule has 3 aromatic rings. The van der Waals surface area contributed by atoms with Gasteiger partial charge < -0.3 is 14.2 Å². The maximum atomic E-state index is 13.7. The van der Waals surface area contributed by atoms with Gasteiger partial charge in [-0.2, -0.15) is 0 Å². The highest BCUT2D eigenvalue weighted by atomic mass is 32.1. The molecule has 0 bridgehead atoms. The smallest absolute Gasteiger partial charge is 0.341 e. The molecule has 1 aromatic heterocycles. The average Bonchev–Trinajstić information content (AvgIpc) is 3.44. The van der Waals surface area contributed by atoms with Gasteiger partial charge in [-0.1, -0.05) is 36.4 Å². The maximum Gasteiger partial charge on any atom is 0.341 e. The van der Waals surface area contributed by atoms with Crippen LogP contribution < -0.4 is 4.90 Å². The fraction of sp³-hybridized carbons (Fsp3) is 0.276. The Kier molecular flexibility index (Phi) is 7.56. The summed E-state index contributed by atoms with van der Waals surface area (Å²) in [6.07, 6.45) is -0.423. The summed E-state index contributed by atoms with van der Waals surface area (Å²) in [6, 6.07) is 15.9. The van der Waals surface area contributed by atoms with Crippen LogP contribution in [0.1, 0.15) is 61.3 Å². The number of hydrogen-bond acceptors (Lipinski definition) is 9. The van der Waals surface area contributed by atoms with Gasteiger partial charge in [0.2, 0.25) is 12.2 Å². The van der Waals surface area contributed by atoms with Crippen LogP contribution in [0.15, 0.2) is 60.7 Å². The Hall–Kier alpha value is -4.31. The van der Waals surface area contributed by atoms with Crippen LogP contribution in [0.2, 0.25) is 0 Å². The number of amides is 2. The number of rotatable bonds is 7. The number of hydrogen-bond donors (Lipinski definition) is 0. The number of thiophene rings is 1. The second-order valence-electron chi connectivity index (χ2n) is 9.01. The lowest BCUT2D eigenvalue weighted by Crippen LogP contribution is -2.37. The Morgan fingerprint density at radius 3 is 1.82 bits per heavy atom. The summed E-state index contributed by atoms with van der Waals surface area (Å²) in [6.45, 7) is 1.78. The zero-order valence-corrected chi connectivity index (χ0v) is 21.9. The minimum atomic E-state index is -1.74. The molecule has 1 aliphatic carbocycles. The molecule has 0 radical (unpaired) electrons. The Morgan fingerprint density at radius 1 is 0.795 bits per heavy atom. The van der Waals surface area contributed by atoms with E-state index in [4.69, 9.17) is 14.2 Å². The van der Waals surface area contributed by atoms with E-state index in [2.05, 4.69) is 0 Å². The number of anilines is 1. The normalized spacial score (nSPS) is 18.4. The first kappa shape index (κ1) is 26.3. The molecule has 200 valence electrons. The van der Waals surface area contributed by atoms with Crippen molar-refractivity contribution in [2.45, 2.75) is 44.8 Å². The SMILES string of the molecule is CCOC(=O)c1c(N2C(=O)[C@@H](OC(=O)c3ccccc3)[C@@H](OC(=O)c3ccccc3)C2=O)sc2c1CCCC2. The van der Waals surface area contributed by atoms with Crippen LogP contribution in [-0.4, -0.2) is 48.5 Å². The molecule has 2 heterocycles. The number of carbonyl (C=O) groups excluding carboxylic acids is 5. The van der Waals surface area contributed by atoms with Gasteiger partial charge in [0, 0.05) is 4.88 Å². The van der Waals surface area contributed by atoms with E-state index in [0.717, 1.165) is 39.5 Å². The van der Waals surface area contributed by atoms with Gasteiger partial charge in [-0.3, -0.25) is 9.59 Å². The number of carbonyl (C=O) groups is 5. The number of imide groups is 1. The van der Waals surface area contributed by atoms with Gasteiger partial charge in [-0.25, -0.2) is 19.3 Å². The molecule has 10 heteroatoms. The van der Waals surface area contributed by atoms with Crippen molar-refractivity contribution in [1.82, 2.24) is 0 Å². The zero-order chi connectivity index (χ0) is 27.5. The first-order valence-corrected chi connectivity index (χ1v) is 13.4. The summed E-state index contributed by atoms with van der Waals surface area (Å²) in [5, 5.41) is 0.0920. The molecule has 1 fully saturated rings. The summed E-state index contributed by atoms with van der Waals surface area (Å²) in [5.74, 6) is -4.17. The van der Waals surface area contributed by atoms with Crippen molar-refractivity contribution in [2.24, 2.45) is 0 Å². The fourth-order valence-corrected chi connectivity index (χ4v) is 6.07. The van der Waals surface area contributed by atoms with E-state index >= 15 is 0 Å². The highest BCUT2D eigenvalue weighted by molar-refractivity contribution is 7.17. The molecule has 2 aliphatic rings. The molecule has 9 nitrogen and oxygen atoms in total. The largest absolute Gasteiger partial charge is 0.462 e. The molecule has 0 unspecified atom stereocenters. The zero-order valence-electron chi connectivity index (χ0n) is 21.1. The van der Waals surface area contributed by atoms with Gasteiger partial charge in [0.1, 0.15) is 5.00 Å². The molecule has 5 rings (SSSR count). The third-order valence-corrected chi connectivity index (χ3v) is 7.80. The molecule has 2 amide bonds. The number of esters is 3. The quantitative estimate of drug-likeness (QED) is 0.246. The molecule has 39 heavy (non-hydrogen) atoms. The van der Waals surface area contributed by atoms with Crippen LogP contribution in [0.25, 0.3) is 0 Å². The third kappa shape index (κ3) is 5.07. The molecular weight excluding hydrogens is 522 g/mol. The van der Waals surface area contributed by atoms with Crippen LogP contribution in [0.3, 0.4) is 0 Å². The van der Waals surface area contributed by atoms with Crippen LogP contribution in [-0.2, 0) is 36.6 Å². The molecule has 0 spiro atoms. The minimum Gasteiger partial charge on any atom is -0.462 e. The Balaban J connectivity index is 1.54. The number of nitrogens with zero attached hydrogens (tertiary/aromatic N) is 1. The van der Waals surface area contributed by atoms with Crippen LogP contribution in [0, 0.1) is 0 Å². The van der Waals surface area contributed by atoms with Crippen LogP contribution in [0.5, 0.6) is 0 Å². The second-order valence-corrected chi connectivity index (χ2v) is 10.1. The highest BCUT2D eigenvalue weighted by Gasteiger charge is 2.55. The van der Waals surface area contributed by atoms with Gasteiger partial charge in [-0.05, 0) is 62.4 Å². The van der Waals surface area contributed by atoms with Crippen molar-refractivity contribution >= 4 is 46.1 Å². The van der Waals surface area contributed by atoms with Crippen molar-refractivity contribution in [3.05, 3.63) is 87.8 Å². The van der Waals surface area contributed by atoms with E-state index in [0.29, 0.717) is 12.8 Å². The van der Waals surface area contributed by atoms with Crippen molar-refractivity contribution in [1.29, 1.82) is 0 Å². The second kappa shape index (κ2) is 11.2. The maximum absolute atomic E-state index is 13.7. The summed E-state index contributed by atoms with van der Waals surface area (Å²) in [4.78, 5) is 68.0. The summed E-state index contributed by atoms with van der Waals surface area (Å²) in [5.41, 5.74) is 1.22. The lowest BCUT2D eigenvalue weighted by molar-refractivity contribution is -0.130. The van der Waals surface area contributed by atoms with Gasteiger partial charge in [0.25, 0.3) is 11.8 Å². The number of fused-ring (bicyclic) bond motifs is 1. The first-order chi connectivity index (χ1) is 18.9. The lowest BCUT2D eigenvalue weighted by Gasteiger charge is -2.16. The standard InChI is InChI=1S/C29H25NO8S/c1-2-36-29(35)21-19-15-9-10-16-20(19)39-26(21)30-24(31)22(37-27(33)17-11-5-3-6-12-17)23(25(30)32)38-28(34)18-13-7-4-8-14-18/h3-8,11-14,22-23H,2,9-10,15-16H2,1H3/t22-,23+. The number of aryl methyl sites for hydroxylation is 1. The summed E-state index contributed by atoms with van der Waals surface area (Å²) >= 11 is 1.16. The monoisotopic (exact) mass is 547 g/mol. The van der Waals surface area contributed by atoms with Crippen LogP contribution in [0.4, 0.5) is 5.00 Å². The molecular formula is C29H25NO8S. The third-order valence-electron chi connectivity index (χ3n) is 6.52. The summed E-state index contributed by atoms with van der Waals surface area (Å²) < 4.78 is 16.3. The van der Waals surface area contributed by atoms with E-state index in [1.807, 2.05) is 0 Å². The predicted molar refractivity (Wildman–Crippen MR) is 141 cm³/mol. The van der Waals surface area contributed by atoms with Gasteiger partial charge in [0.05, 0.1) is 23.3 Å². The molecule has 0 N–H and O–H groups in total. The van der Waals surface area contributed by atoms with E-state index in [1.54, 1.807) is 43.3 Å². The first-order valence-electron chi connectivity index (χ1n) is 12.6. The fourth-order valence-electron chi connectivity index (χ4n) is 4.68. The Morgan fingerprint density at radius 2 is 1.31 bits per heavy atom. The topological polar surface area (TPSA) is 116 Å². The predicted octanol–water partition coefficient (Wildman–Crippen LogP) is 4.13. The van der Waals surface area contributed by atoms with Crippen LogP contribution >= 0.6 is 11.3 Å². The molecule has 1 saturated heterocycles. The Labute approximate surface area is 228 Å². The summed E-state index contributed by atoms with van der Waals surface area (Å²) in [7, 11) is 0. The highest BCUT2D eigenvalue weighted by Crippen LogP contribution is 2.43. The number of benzene rings is 2. The van der Waals surface area contributed by atoms with E-state index in [1.165, 1.54) is 24.3 Å². The molecule has 1 aliphatic heterocycles. The minimum absolute atomic E-state index is 0.0920. The van der Waals surface area contributed by atoms with Gasteiger partial charge >= 0.3 is 17.9 Å². The van der Waals surface area contributed by atoms with Crippen molar-refractivity contribution in [3.63, 3.8) is 0 Å². The van der Waals surface area contributed by atoms with E-state index in [9.17, 15) is 24.0 Å². The van der Waals surface area contributed by atoms with E-state index in [-0.39, 0.29) is 28.3 Å².